The molecule has 1 fully saturated rings. The van der Waals surface area contributed by atoms with Crippen LogP contribution in [0.1, 0.15) is 36.7 Å². The highest BCUT2D eigenvalue weighted by Crippen LogP contribution is 2.14. The summed E-state index contributed by atoms with van der Waals surface area (Å²) in [7, 11) is 1.71. The van der Waals surface area contributed by atoms with E-state index in [2.05, 4.69) is 29.6 Å². The highest BCUT2D eigenvalue weighted by Gasteiger charge is 2.15. The molecule has 0 bridgehead atoms. The Hall–Kier alpha value is -0.910. The summed E-state index contributed by atoms with van der Waals surface area (Å²) >= 11 is 0. The monoisotopic (exact) mass is 523 g/mol. The normalized spacial score (nSPS) is 16.7. The number of guanidine groups is 1. The SMILES string of the molecule is CCNC(=NCc1c(C)nn(CCOC)c1C)NCCCOCC1CCOC1.I. The number of nitrogens with one attached hydrogen (secondary N) is 2. The van der Waals surface area contributed by atoms with E-state index in [1.807, 2.05) is 11.6 Å². The van der Waals surface area contributed by atoms with E-state index < -0.39 is 0 Å². The third kappa shape index (κ3) is 9.18. The molecule has 2 N–H and O–H groups in total. The standard InChI is InChI=1S/C20H37N5O3.HI/c1-5-21-20(22-8-6-10-27-14-18-7-11-28-15-18)23-13-19-16(2)24-25(17(19)3)9-12-26-4;/h18H,5-15H2,1-4H3,(H2,21,22,23);1H. The van der Waals surface area contributed by atoms with Crippen molar-refractivity contribution in [2.24, 2.45) is 10.9 Å². The van der Waals surface area contributed by atoms with Crippen LogP contribution in [0, 0.1) is 19.8 Å². The Morgan fingerprint density at radius 2 is 2.14 bits per heavy atom. The van der Waals surface area contributed by atoms with Crippen LogP contribution in [-0.4, -0.2) is 69.0 Å². The van der Waals surface area contributed by atoms with Gasteiger partial charge in [-0.05, 0) is 33.6 Å². The Morgan fingerprint density at radius 3 is 2.83 bits per heavy atom. The van der Waals surface area contributed by atoms with E-state index in [4.69, 9.17) is 19.2 Å². The Balaban J connectivity index is 0.00000420. The van der Waals surface area contributed by atoms with Crippen LogP contribution in [0.25, 0.3) is 0 Å². The molecule has 0 saturated carbocycles. The average Bonchev–Trinajstić information content (AvgIpc) is 3.29. The third-order valence-corrected chi connectivity index (χ3v) is 4.91. The number of aromatic nitrogens is 2. The first-order valence-electron chi connectivity index (χ1n) is 10.3. The van der Waals surface area contributed by atoms with Crippen LogP contribution in [0.15, 0.2) is 4.99 Å². The molecule has 29 heavy (non-hydrogen) atoms. The number of aryl methyl sites for hydroxylation is 1. The van der Waals surface area contributed by atoms with Gasteiger partial charge in [0.25, 0.3) is 0 Å². The first-order chi connectivity index (χ1) is 13.7. The molecular weight excluding hydrogens is 485 g/mol. The fourth-order valence-corrected chi connectivity index (χ4v) is 3.20. The second-order valence-corrected chi connectivity index (χ2v) is 7.15. The molecule has 0 aromatic carbocycles. The van der Waals surface area contributed by atoms with Gasteiger partial charge < -0.3 is 24.8 Å². The molecule has 2 heterocycles. The molecule has 168 valence electrons. The summed E-state index contributed by atoms with van der Waals surface area (Å²) in [6, 6.07) is 0. The lowest BCUT2D eigenvalue weighted by atomic mass is 10.1. The summed E-state index contributed by atoms with van der Waals surface area (Å²) in [6.07, 6.45) is 2.07. The maximum Gasteiger partial charge on any atom is 0.191 e. The zero-order valence-electron chi connectivity index (χ0n) is 18.3. The summed E-state index contributed by atoms with van der Waals surface area (Å²) in [5, 5.41) is 11.3. The summed E-state index contributed by atoms with van der Waals surface area (Å²) in [5.41, 5.74) is 3.35. The molecule has 1 aromatic heterocycles. The van der Waals surface area contributed by atoms with Crippen molar-refractivity contribution < 1.29 is 14.2 Å². The fourth-order valence-electron chi connectivity index (χ4n) is 3.20. The van der Waals surface area contributed by atoms with Crippen molar-refractivity contribution in [2.45, 2.75) is 46.7 Å². The van der Waals surface area contributed by atoms with Crippen LogP contribution in [0.5, 0.6) is 0 Å². The van der Waals surface area contributed by atoms with E-state index in [0.29, 0.717) is 19.1 Å². The molecule has 1 aliphatic rings. The second kappa shape index (κ2) is 15.0. The van der Waals surface area contributed by atoms with E-state index in [0.717, 1.165) is 76.3 Å². The highest BCUT2D eigenvalue weighted by molar-refractivity contribution is 14.0. The summed E-state index contributed by atoms with van der Waals surface area (Å²) in [5.74, 6) is 1.40. The Kier molecular flexibility index (Phi) is 13.5. The van der Waals surface area contributed by atoms with Gasteiger partial charge in [0, 0.05) is 50.6 Å². The van der Waals surface area contributed by atoms with E-state index in [1.54, 1.807) is 7.11 Å². The number of methoxy groups -OCH3 is 1. The molecule has 0 aliphatic carbocycles. The summed E-state index contributed by atoms with van der Waals surface area (Å²) in [4.78, 5) is 4.73. The molecule has 1 unspecified atom stereocenters. The van der Waals surface area contributed by atoms with E-state index in [1.165, 1.54) is 5.56 Å². The number of nitrogens with zero attached hydrogens (tertiary/aromatic N) is 3. The van der Waals surface area contributed by atoms with Gasteiger partial charge in [-0.25, -0.2) is 4.99 Å². The maximum absolute atomic E-state index is 5.75. The quantitative estimate of drug-likeness (QED) is 0.189. The van der Waals surface area contributed by atoms with Gasteiger partial charge in [0.2, 0.25) is 0 Å². The summed E-state index contributed by atoms with van der Waals surface area (Å²) in [6.45, 7) is 13.2. The first kappa shape index (κ1) is 26.1. The van der Waals surface area contributed by atoms with Crippen LogP contribution in [0.3, 0.4) is 0 Å². The van der Waals surface area contributed by atoms with Crippen molar-refractivity contribution >= 4 is 29.9 Å². The Labute approximate surface area is 192 Å². The van der Waals surface area contributed by atoms with Gasteiger partial charge in [-0.15, -0.1) is 24.0 Å². The van der Waals surface area contributed by atoms with Crippen molar-refractivity contribution in [1.82, 2.24) is 20.4 Å². The number of rotatable bonds is 12. The predicted molar refractivity (Wildman–Crippen MR) is 126 cm³/mol. The van der Waals surface area contributed by atoms with Crippen LogP contribution in [0.4, 0.5) is 0 Å². The number of hydrogen-bond donors (Lipinski definition) is 2. The summed E-state index contributed by atoms with van der Waals surface area (Å²) < 4.78 is 18.3. The van der Waals surface area contributed by atoms with Crippen LogP contribution < -0.4 is 10.6 Å². The van der Waals surface area contributed by atoms with Crippen LogP contribution in [0.2, 0.25) is 0 Å². The lowest BCUT2D eigenvalue weighted by molar-refractivity contribution is 0.0888. The minimum Gasteiger partial charge on any atom is -0.383 e. The molecule has 2 rings (SSSR count). The number of halogens is 1. The molecule has 0 amide bonds. The molecule has 0 spiro atoms. The smallest absolute Gasteiger partial charge is 0.191 e. The lowest BCUT2D eigenvalue weighted by Crippen LogP contribution is -2.38. The van der Waals surface area contributed by atoms with Gasteiger partial charge in [-0.1, -0.05) is 0 Å². The number of aliphatic imine (C=N–C) groups is 1. The molecule has 1 aliphatic heterocycles. The molecule has 9 heteroatoms. The lowest BCUT2D eigenvalue weighted by Gasteiger charge is -2.12. The van der Waals surface area contributed by atoms with Crippen molar-refractivity contribution in [1.29, 1.82) is 0 Å². The van der Waals surface area contributed by atoms with E-state index in [-0.39, 0.29) is 24.0 Å². The first-order valence-corrected chi connectivity index (χ1v) is 10.3. The van der Waals surface area contributed by atoms with Gasteiger partial charge in [-0.3, -0.25) is 4.68 Å². The molecule has 1 aromatic rings. The molecule has 1 atom stereocenters. The third-order valence-electron chi connectivity index (χ3n) is 4.91. The zero-order chi connectivity index (χ0) is 20.2. The zero-order valence-corrected chi connectivity index (χ0v) is 20.7. The topological polar surface area (TPSA) is 81.9 Å². The van der Waals surface area contributed by atoms with Gasteiger partial charge in [0.05, 0.1) is 38.6 Å². The fraction of sp³-hybridized carbons (Fsp3) is 0.800. The largest absolute Gasteiger partial charge is 0.383 e. The van der Waals surface area contributed by atoms with Gasteiger partial charge in [-0.2, -0.15) is 5.10 Å². The Morgan fingerprint density at radius 1 is 1.31 bits per heavy atom. The van der Waals surface area contributed by atoms with Crippen molar-refractivity contribution in [3.63, 3.8) is 0 Å². The average molecular weight is 523 g/mol. The Bertz CT molecular complexity index is 603. The molecule has 0 radical (unpaired) electrons. The molecule has 8 nitrogen and oxygen atoms in total. The van der Waals surface area contributed by atoms with E-state index >= 15 is 0 Å². The minimum absolute atomic E-state index is 0. The maximum atomic E-state index is 5.75. The highest BCUT2D eigenvalue weighted by atomic mass is 127. The minimum atomic E-state index is 0. The second-order valence-electron chi connectivity index (χ2n) is 7.15. The van der Waals surface area contributed by atoms with Crippen molar-refractivity contribution in [3.8, 4) is 0 Å². The van der Waals surface area contributed by atoms with Gasteiger partial charge in [0.15, 0.2) is 5.96 Å². The van der Waals surface area contributed by atoms with Crippen LogP contribution >= 0.6 is 24.0 Å². The molecular formula is C20H38IN5O3. The van der Waals surface area contributed by atoms with Gasteiger partial charge in [0.1, 0.15) is 0 Å². The van der Waals surface area contributed by atoms with Gasteiger partial charge >= 0.3 is 0 Å². The van der Waals surface area contributed by atoms with Crippen molar-refractivity contribution in [2.75, 3.05) is 53.2 Å². The molecule has 1 saturated heterocycles. The predicted octanol–water partition coefficient (Wildman–Crippen LogP) is 2.26. The number of hydrogen-bond acceptors (Lipinski definition) is 5. The van der Waals surface area contributed by atoms with Crippen LogP contribution in [-0.2, 0) is 27.3 Å². The van der Waals surface area contributed by atoms with Crippen molar-refractivity contribution in [3.05, 3.63) is 17.0 Å². The van der Waals surface area contributed by atoms with E-state index in [9.17, 15) is 0 Å². The number of ether oxygens (including phenoxy) is 3.